The van der Waals surface area contributed by atoms with Crippen LogP contribution in [0, 0.1) is 0 Å². The summed E-state index contributed by atoms with van der Waals surface area (Å²) in [7, 11) is 1.12. The molecule has 0 radical (unpaired) electrons. The van der Waals surface area contributed by atoms with E-state index in [4.69, 9.17) is 16.3 Å². The third-order valence-electron chi connectivity index (χ3n) is 3.07. The number of carbonyl (C=O) groups excluding carboxylic acids is 1. The maximum Gasteiger partial charge on any atom is 0.420 e. The van der Waals surface area contributed by atoms with E-state index in [2.05, 4.69) is 4.99 Å². The lowest BCUT2D eigenvalue weighted by Gasteiger charge is -2.17. The molecule has 0 N–H and O–H groups in total. The van der Waals surface area contributed by atoms with E-state index in [0.29, 0.717) is 12.8 Å². The van der Waals surface area contributed by atoms with E-state index in [1.54, 1.807) is 0 Å². The topological polar surface area (TPSA) is 38.7 Å². The van der Waals surface area contributed by atoms with Crippen molar-refractivity contribution in [1.29, 1.82) is 0 Å². The molecule has 1 saturated carbocycles. The van der Waals surface area contributed by atoms with Gasteiger partial charge in [0.05, 0.1) is 23.2 Å². The molecule has 0 heterocycles. The average Bonchev–Trinajstić information content (AvgIpc) is 3.08. The minimum Gasteiger partial charge on any atom is -0.495 e. The van der Waals surface area contributed by atoms with Gasteiger partial charge in [-0.3, -0.25) is 0 Å². The first kappa shape index (κ1) is 13.9. The molecule has 0 atom stereocenters. The number of halogens is 4. The molecule has 0 bridgehead atoms. The third kappa shape index (κ3) is 2.46. The minimum absolute atomic E-state index is 0.153. The van der Waals surface area contributed by atoms with Crippen LogP contribution in [0.1, 0.15) is 24.0 Å². The zero-order valence-corrected chi connectivity index (χ0v) is 10.6. The second-order valence-corrected chi connectivity index (χ2v) is 4.68. The smallest absolute Gasteiger partial charge is 0.420 e. The zero-order chi connectivity index (χ0) is 14.3. The van der Waals surface area contributed by atoms with Gasteiger partial charge in [0.2, 0.25) is 6.08 Å². The molecular weight excluding hydrogens is 283 g/mol. The Morgan fingerprint density at radius 2 is 2.05 bits per heavy atom. The first-order valence-electron chi connectivity index (χ1n) is 5.38. The van der Waals surface area contributed by atoms with Crippen LogP contribution in [0.15, 0.2) is 17.1 Å². The Bertz CT molecular complexity index is 561. The molecule has 0 saturated heterocycles. The molecule has 1 aromatic rings. The monoisotopic (exact) mass is 291 g/mol. The van der Waals surface area contributed by atoms with Gasteiger partial charge in [0.25, 0.3) is 0 Å². The molecule has 1 fully saturated rings. The van der Waals surface area contributed by atoms with Crippen LogP contribution in [-0.4, -0.2) is 13.2 Å². The number of benzene rings is 1. The summed E-state index contributed by atoms with van der Waals surface area (Å²) in [5, 5.41) is -0.153. The molecule has 0 amide bonds. The normalized spacial score (nSPS) is 16.7. The largest absolute Gasteiger partial charge is 0.495 e. The van der Waals surface area contributed by atoms with E-state index >= 15 is 0 Å². The summed E-state index contributed by atoms with van der Waals surface area (Å²) in [6, 6.07) is 2.28. The van der Waals surface area contributed by atoms with Crippen molar-refractivity contribution >= 4 is 17.7 Å². The predicted octanol–water partition coefficient (Wildman–Crippen LogP) is 3.69. The van der Waals surface area contributed by atoms with Crippen LogP contribution >= 0.6 is 11.6 Å². The first-order valence-corrected chi connectivity index (χ1v) is 5.76. The molecule has 3 nitrogen and oxygen atoms in total. The van der Waals surface area contributed by atoms with Crippen LogP contribution in [-0.2, 0) is 16.5 Å². The fraction of sp³-hybridized carbons (Fsp3) is 0.417. The summed E-state index contributed by atoms with van der Waals surface area (Å²) in [6.45, 7) is 0. The second-order valence-electron chi connectivity index (χ2n) is 4.27. The molecule has 0 unspecified atom stereocenters. The number of rotatable bonds is 3. The Labute approximate surface area is 112 Å². The highest BCUT2D eigenvalue weighted by Crippen LogP contribution is 2.52. The van der Waals surface area contributed by atoms with Gasteiger partial charge in [-0.2, -0.15) is 18.2 Å². The maximum absolute atomic E-state index is 12.9. The summed E-state index contributed by atoms with van der Waals surface area (Å²) in [5.41, 5.74) is -1.61. The standard InChI is InChI=1S/C12H9ClF3NO2/c1-19-10-8(12(14,15)16)4-7(5-9(10)13)11(2-3-11)17-6-18/h4-5H,2-3H2,1H3. The molecule has 0 spiro atoms. The molecule has 1 aromatic carbocycles. The molecule has 2 rings (SSSR count). The van der Waals surface area contributed by atoms with Crippen LogP contribution < -0.4 is 4.74 Å². The Morgan fingerprint density at radius 3 is 2.47 bits per heavy atom. The number of alkyl halides is 3. The van der Waals surface area contributed by atoms with Crippen LogP contribution in [0.3, 0.4) is 0 Å². The fourth-order valence-electron chi connectivity index (χ4n) is 1.95. The quantitative estimate of drug-likeness (QED) is 0.629. The number of methoxy groups -OCH3 is 1. The maximum atomic E-state index is 12.9. The zero-order valence-electron chi connectivity index (χ0n) is 9.84. The lowest BCUT2D eigenvalue weighted by Crippen LogP contribution is -2.11. The molecule has 19 heavy (non-hydrogen) atoms. The highest BCUT2D eigenvalue weighted by molar-refractivity contribution is 6.32. The van der Waals surface area contributed by atoms with Gasteiger partial charge in [-0.05, 0) is 30.5 Å². The lowest BCUT2D eigenvalue weighted by molar-refractivity contribution is -0.138. The molecule has 7 heteroatoms. The lowest BCUT2D eigenvalue weighted by atomic mass is 10.0. The average molecular weight is 292 g/mol. The van der Waals surface area contributed by atoms with Crippen molar-refractivity contribution in [2.45, 2.75) is 24.6 Å². The molecule has 1 aliphatic rings. The summed E-state index contributed by atoms with van der Waals surface area (Å²) in [4.78, 5) is 13.9. The van der Waals surface area contributed by atoms with Gasteiger partial charge in [0, 0.05) is 0 Å². The predicted molar refractivity (Wildman–Crippen MR) is 62.0 cm³/mol. The number of hydrogen-bond acceptors (Lipinski definition) is 3. The van der Waals surface area contributed by atoms with Crippen molar-refractivity contribution < 1.29 is 22.7 Å². The highest BCUT2D eigenvalue weighted by Gasteiger charge is 2.47. The van der Waals surface area contributed by atoms with Crippen LogP contribution in [0.2, 0.25) is 5.02 Å². The number of nitrogens with zero attached hydrogens (tertiary/aromatic N) is 1. The summed E-state index contributed by atoms with van der Waals surface area (Å²) >= 11 is 5.81. The first-order chi connectivity index (χ1) is 8.84. The van der Waals surface area contributed by atoms with E-state index < -0.39 is 23.0 Å². The van der Waals surface area contributed by atoms with E-state index in [9.17, 15) is 18.0 Å². The van der Waals surface area contributed by atoms with Crippen LogP contribution in [0.5, 0.6) is 5.75 Å². The van der Waals surface area contributed by atoms with E-state index in [-0.39, 0.29) is 10.6 Å². The van der Waals surface area contributed by atoms with Gasteiger partial charge in [0.15, 0.2) is 0 Å². The van der Waals surface area contributed by atoms with Crippen molar-refractivity contribution in [3.8, 4) is 5.75 Å². The Balaban J connectivity index is 2.61. The van der Waals surface area contributed by atoms with Crippen LogP contribution in [0.4, 0.5) is 13.2 Å². The van der Waals surface area contributed by atoms with Crippen LogP contribution in [0.25, 0.3) is 0 Å². The molecule has 0 aliphatic heterocycles. The molecular formula is C12H9ClF3NO2. The molecule has 102 valence electrons. The summed E-state index contributed by atoms with van der Waals surface area (Å²) < 4.78 is 43.5. The minimum atomic E-state index is -4.59. The number of ether oxygens (including phenoxy) is 1. The Kier molecular flexibility index (Phi) is 3.32. The van der Waals surface area contributed by atoms with Gasteiger partial charge >= 0.3 is 6.18 Å². The molecule has 1 aliphatic carbocycles. The van der Waals surface area contributed by atoms with Gasteiger partial charge < -0.3 is 4.74 Å². The Morgan fingerprint density at radius 1 is 1.42 bits per heavy atom. The fourth-order valence-corrected chi connectivity index (χ4v) is 2.25. The summed E-state index contributed by atoms with van der Waals surface area (Å²) in [6.07, 6.45) is -2.19. The van der Waals surface area contributed by atoms with Crippen molar-refractivity contribution in [3.05, 3.63) is 28.3 Å². The Hall–Kier alpha value is -1.52. The van der Waals surface area contributed by atoms with Gasteiger partial charge in [-0.25, -0.2) is 4.79 Å². The number of isocyanates is 1. The number of hydrogen-bond donors (Lipinski definition) is 0. The van der Waals surface area contributed by atoms with Crippen molar-refractivity contribution in [3.63, 3.8) is 0 Å². The van der Waals surface area contributed by atoms with Crippen molar-refractivity contribution in [2.75, 3.05) is 7.11 Å². The van der Waals surface area contributed by atoms with Gasteiger partial charge in [-0.1, -0.05) is 11.6 Å². The van der Waals surface area contributed by atoms with E-state index in [1.165, 1.54) is 12.1 Å². The van der Waals surface area contributed by atoms with Gasteiger partial charge in [-0.15, -0.1) is 0 Å². The van der Waals surface area contributed by atoms with E-state index in [0.717, 1.165) is 13.2 Å². The van der Waals surface area contributed by atoms with Crippen molar-refractivity contribution in [1.82, 2.24) is 0 Å². The van der Waals surface area contributed by atoms with E-state index in [1.807, 2.05) is 0 Å². The van der Waals surface area contributed by atoms with Crippen molar-refractivity contribution in [2.24, 2.45) is 4.99 Å². The highest BCUT2D eigenvalue weighted by atomic mass is 35.5. The summed E-state index contributed by atoms with van der Waals surface area (Å²) in [5.74, 6) is -0.427. The second kappa shape index (κ2) is 4.54. The molecule has 0 aromatic heterocycles. The SMILES string of the molecule is COc1c(Cl)cc(C2(N=C=O)CC2)cc1C(F)(F)F. The number of aliphatic imine (C=N–C) groups is 1. The third-order valence-corrected chi connectivity index (χ3v) is 3.35. The van der Waals surface area contributed by atoms with Gasteiger partial charge in [0.1, 0.15) is 5.75 Å².